The Morgan fingerprint density at radius 3 is 2.38 bits per heavy atom. The molecule has 4 heterocycles. The fourth-order valence-electron chi connectivity index (χ4n) is 4.59. The summed E-state index contributed by atoms with van der Waals surface area (Å²) in [6.45, 7) is 3.08. The second kappa shape index (κ2) is 8.73. The van der Waals surface area contributed by atoms with E-state index in [9.17, 15) is 22.4 Å². The summed E-state index contributed by atoms with van der Waals surface area (Å²) >= 11 is 0. The van der Waals surface area contributed by atoms with Crippen molar-refractivity contribution in [2.45, 2.75) is 6.54 Å². The number of benzene rings is 2. The van der Waals surface area contributed by atoms with Crippen molar-refractivity contribution < 1.29 is 22.3 Å². The smallest absolute Gasteiger partial charge is 0.350 e. The molecule has 190 valence electrons. The van der Waals surface area contributed by atoms with Crippen LogP contribution in [0, 0.1) is 28.7 Å². The third kappa shape index (κ3) is 4.12. The number of ether oxygens (including phenoxy) is 1. The monoisotopic (exact) mass is 512 g/mol. The summed E-state index contributed by atoms with van der Waals surface area (Å²) in [7, 11) is 0. The van der Waals surface area contributed by atoms with Crippen LogP contribution in [0.15, 0.2) is 59.8 Å². The van der Waals surface area contributed by atoms with Gasteiger partial charge in [0.2, 0.25) is 0 Å². The lowest BCUT2D eigenvalue weighted by atomic mass is 9.74. The summed E-state index contributed by atoms with van der Waals surface area (Å²) in [6, 6.07) is 8.42. The number of hydrogen-bond acceptors (Lipinski definition) is 6. The quantitative estimate of drug-likeness (QED) is 0.400. The van der Waals surface area contributed by atoms with Crippen LogP contribution in [0.1, 0.15) is 5.56 Å². The lowest BCUT2D eigenvalue weighted by Gasteiger charge is -2.56. The minimum Gasteiger partial charge on any atom is -0.451 e. The molecule has 2 fully saturated rings. The molecule has 2 aromatic heterocycles. The molecule has 37 heavy (non-hydrogen) atoms. The maximum absolute atomic E-state index is 14.9. The van der Waals surface area contributed by atoms with Gasteiger partial charge in [0.1, 0.15) is 23.8 Å². The summed E-state index contributed by atoms with van der Waals surface area (Å²) in [5, 5.41) is 7.16. The molecular formula is C25H20F4N6O2. The second-order valence-electron chi connectivity index (χ2n) is 9.30. The van der Waals surface area contributed by atoms with E-state index in [2.05, 4.69) is 15.4 Å². The van der Waals surface area contributed by atoms with Gasteiger partial charge in [0.05, 0.1) is 18.4 Å². The van der Waals surface area contributed by atoms with Gasteiger partial charge in [-0.3, -0.25) is 4.57 Å². The van der Waals surface area contributed by atoms with E-state index < -0.39 is 29.0 Å². The average Bonchev–Trinajstić information content (AvgIpc) is 3.18. The highest BCUT2D eigenvalue weighted by molar-refractivity contribution is 5.50. The topological polar surface area (TPSA) is 77.2 Å². The first-order chi connectivity index (χ1) is 17.8. The molecule has 1 N–H and O–H groups in total. The molecule has 0 atom stereocenters. The van der Waals surface area contributed by atoms with Crippen LogP contribution in [-0.4, -0.2) is 45.5 Å². The van der Waals surface area contributed by atoms with E-state index >= 15 is 0 Å². The molecular weight excluding hydrogens is 492 g/mol. The average molecular weight is 512 g/mol. The molecule has 8 nitrogen and oxygen atoms in total. The zero-order valence-corrected chi connectivity index (χ0v) is 19.3. The Morgan fingerprint density at radius 1 is 0.946 bits per heavy atom. The minimum absolute atomic E-state index is 0.0541. The maximum atomic E-state index is 14.9. The zero-order valence-electron chi connectivity index (χ0n) is 19.3. The van der Waals surface area contributed by atoms with Gasteiger partial charge in [-0.2, -0.15) is 9.78 Å². The van der Waals surface area contributed by atoms with Gasteiger partial charge in [0.25, 0.3) is 0 Å². The van der Waals surface area contributed by atoms with Gasteiger partial charge in [0.15, 0.2) is 23.1 Å². The van der Waals surface area contributed by atoms with Crippen LogP contribution in [0.4, 0.5) is 23.4 Å². The molecule has 0 radical (unpaired) electrons. The number of anilines is 1. The van der Waals surface area contributed by atoms with Crippen molar-refractivity contribution in [3.05, 3.63) is 94.3 Å². The van der Waals surface area contributed by atoms with Crippen LogP contribution in [0.2, 0.25) is 0 Å². The fourth-order valence-corrected chi connectivity index (χ4v) is 4.59. The van der Waals surface area contributed by atoms with Gasteiger partial charge in [-0.15, -0.1) is 0 Å². The summed E-state index contributed by atoms with van der Waals surface area (Å²) in [6.07, 6.45) is 2.13. The lowest BCUT2D eigenvalue weighted by Crippen LogP contribution is -2.71. The molecule has 2 saturated heterocycles. The molecule has 0 unspecified atom stereocenters. The van der Waals surface area contributed by atoms with E-state index in [1.807, 2.05) is 4.90 Å². The largest absolute Gasteiger partial charge is 0.451 e. The molecule has 4 aromatic rings. The Kier molecular flexibility index (Phi) is 5.48. The van der Waals surface area contributed by atoms with Crippen LogP contribution in [0.5, 0.6) is 11.5 Å². The number of rotatable bonds is 6. The molecule has 0 bridgehead atoms. The first kappa shape index (κ1) is 23.2. The number of aromatic nitrogens is 4. The Balaban J connectivity index is 1.21. The number of halogens is 4. The molecule has 2 aliphatic heterocycles. The second-order valence-corrected chi connectivity index (χ2v) is 9.30. The summed E-state index contributed by atoms with van der Waals surface area (Å²) in [4.78, 5) is 18.9. The maximum Gasteiger partial charge on any atom is 0.350 e. The van der Waals surface area contributed by atoms with Crippen molar-refractivity contribution in [2.75, 3.05) is 31.1 Å². The molecule has 6 rings (SSSR count). The van der Waals surface area contributed by atoms with Crippen LogP contribution < -0.4 is 20.6 Å². The van der Waals surface area contributed by atoms with Crippen molar-refractivity contribution in [3.8, 4) is 17.2 Å². The Bertz CT molecular complexity index is 1540. The molecule has 12 heteroatoms. The number of pyridine rings is 1. The molecule has 2 aromatic carbocycles. The van der Waals surface area contributed by atoms with Gasteiger partial charge < -0.3 is 15.0 Å². The van der Waals surface area contributed by atoms with Gasteiger partial charge in [0, 0.05) is 49.3 Å². The molecule has 0 saturated carbocycles. The van der Waals surface area contributed by atoms with Crippen LogP contribution in [-0.2, 0) is 6.54 Å². The van der Waals surface area contributed by atoms with Crippen molar-refractivity contribution in [1.29, 1.82) is 0 Å². The first-order valence-corrected chi connectivity index (χ1v) is 11.5. The van der Waals surface area contributed by atoms with Gasteiger partial charge >= 0.3 is 5.69 Å². The van der Waals surface area contributed by atoms with E-state index in [0.717, 1.165) is 66.2 Å². The predicted molar refractivity (Wildman–Crippen MR) is 125 cm³/mol. The van der Waals surface area contributed by atoms with Crippen LogP contribution in [0.25, 0.3) is 5.69 Å². The van der Waals surface area contributed by atoms with Gasteiger partial charge in [-0.25, -0.2) is 27.3 Å². The highest BCUT2D eigenvalue weighted by atomic mass is 19.1. The first-order valence-electron chi connectivity index (χ1n) is 11.5. The third-order valence-corrected chi connectivity index (χ3v) is 6.69. The molecule has 2 aliphatic rings. The number of nitrogens with one attached hydrogen (secondary N) is 1. The van der Waals surface area contributed by atoms with Gasteiger partial charge in [-0.05, 0) is 24.3 Å². The Morgan fingerprint density at radius 2 is 1.70 bits per heavy atom. The van der Waals surface area contributed by atoms with E-state index in [0.29, 0.717) is 5.82 Å². The lowest BCUT2D eigenvalue weighted by molar-refractivity contribution is 0.120. The molecule has 1 spiro atoms. The Hall–Kier alpha value is -4.19. The van der Waals surface area contributed by atoms with Crippen molar-refractivity contribution in [2.24, 2.45) is 5.41 Å². The number of hydrogen-bond donors (Lipinski definition) is 1. The van der Waals surface area contributed by atoms with E-state index in [1.165, 1.54) is 24.3 Å². The standard InChI is InChI=1S/C25H20F4N6O2/c26-17-2-1-3-18(27)16(17)9-33-14-32-35(24(33)36)15-4-5-21(19(28)6-15)37-22-7-23(31-8-20(22)29)34-12-25(13-34)10-30-11-25/h1-8,14,30H,9-13H2. The highest BCUT2D eigenvalue weighted by Crippen LogP contribution is 2.38. The molecule has 0 aliphatic carbocycles. The van der Waals surface area contributed by atoms with E-state index in [1.54, 1.807) is 0 Å². The zero-order chi connectivity index (χ0) is 25.7. The van der Waals surface area contributed by atoms with E-state index in [-0.39, 0.29) is 34.7 Å². The summed E-state index contributed by atoms with van der Waals surface area (Å²) in [5.41, 5.74) is -0.725. The fraction of sp³-hybridized carbons (Fsp3) is 0.240. The number of nitrogens with zero attached hydrogens (tertiary/aromatic N) is 5. The Labute approximate surface area is 207 Å². The summed E-state index contributed by atoms with van der Waals surface area (Å²) in [5.74, 6) is -3.11. The van der Waals surface area contributed by atoms with E-state index in [4.69, 9.17) is 4.74 Å². The minimum atomic E-state index is -0.861. The van der Waals surface area contributed by atoms with Crippen LogP contribution >= 0.6 is 0 Å². The highest BCUT2D eigenvalue weighted by Gasteiger charge is 2.48. The summed E-state index contributed by atoms with van der Waals surface area (Å²) < 4.78 is 64.6. The van der Waals surface area contributed by atoms with Crippen molar-refractivity contribution in [1.82, 2.24) is 24.6 Å². The normalized spacial score (nSPS) is 15.9. The molecule has 0 amide bonds. The SMILES string of the molecule is O=c1n(Cc2c(F)cccc2F)cnn1-c1ccc(Oc2cc(N3CC4(CNC4)C3)ncc2F)c(F)c1. The van der Waals surface area contributed by atoms with Crippen molar-refractivity contribution in [3.63, 3.8) is 0 Å². The third-order valence-electron chi connectivity index (χ3n) is 6.69. The van der Waals surface area contributed by atoms with Gasteiger partial charge in [-0.1, -0.05) is 6.07 Å². The predicted octanol–water partition coefficient (Wildman–Crippen LogP) is 3.24. The van der Waals surface area contributed by atoms with Crippen LogP contribution in [0.3, 0.4) is 0 Å². The van der Waals surface area contributed by atoms with Crippen molar-refractivity contribution >= 4 is 5.82 Å².